The smallest absolute Gasteiger partial charge is 0.321 e. The zero-order valence-electron chi connectivity index (χ0n) is 16.3. The van der Waals surface area contributed by atoms with Gasteiger partial charge in [0.15, 0.2) is 17.6 Å². The molecule has 154 valence electrons. The zero-order chi connectivity index (χ0) is 21.1. The fraction of sp³-hybridized carbons (Fsp3) is 0.286. The van der Waals surface area contributed by atoms with Gasteiger partial charge in [-0.05, 0) is 24.6 Å². The molecule has 2 rings (SSSR count). The molecule has 0 radical (unpaired) electrons. The predicted octanol–water partition coefficient (Wildman–Crippen LogP) is 2.42. The number of esters is 1. The van der Waals surface area contributed by atoms with Crippen LogP contribution in [0.3, 0.4) is 0 Å². The highest BCUT2D eigenvalue weighted by atomic mass is 16.6. The SMILES string of the molecule is COc1ccccc1OCCC(=O)OC(C)C(=O)NC(=O)NCc1ccccc1. The Bertz CT molecular complexity index is 825. The van der Waals surface area contributed by atoms with Gasteiger partial charge in [0.2, 0.25) is 0 Å². The molecule has 0 heterocycles. The number of para-hydroxylation sites is 2. The van der Waals surface area contributed by atoms with Crippen molar-refractivity contribution < 1.29 is 28.6 Å². The van der Waals surface area contributed by atoms with Gasteiger partial charge in [-0.2, -0.15) is 0 Å². The Morgan fingerprint density at radius 2 is 1.62 bits per heavy atom. The minimum Gasteiger partial charge on any atom is -0.493 e. The predicted molar refractivity (Wildman–Crippen MR) is 105 cm³/mol. The van der Waals surface area contributed by atoms with E-state index < -0.39 is 24.0 Å². The number of rotatable bonds is 9. The molecule has 0 aliphatic rings. The molecule has 2 aromatic carbocycles. The first-order chi connectivity index (χ1) is 14.0. The lowest BCUT2D eigenvalue weighted by atomic mass is 10.2. The van der Waals surface area contributed by atoms with Gasteiger partial charge in [-0.3, -0.25) is 14.9 Å². The lowest BCUT2D eigenvalue weighted by Gasteiger charge is -2.14. The lowest BCUT2D eigenvalue weighted by Crippen LogP contribution is -2.44. The summed E-state index contributed by atoms with van der Waals surface area (Å²) in [6, 6.07) is 15.6. The quantitative estimate of drug-likeness (QED) is 0.627. The summed E-state index contributed by atoms with van der Waals surface area (Å²) in [5.74, 6) is -0.277. The van der Waals surface area contributed by atoms with Gasteiger partial charge in [0.25, 0.3) is 5.91 Å². The Labute approximate surface area is 169 Å². The average molecular weight is 400 g/mol. The van der Waals surface area contributed by atoms with Gasteiger partial charge in [-0.25, -0.2) is 4.79 Å². The van der Waals surface area contributed by atoms with E-state index in [1.54, 1.807) is 24.3 Å². The molecular formula is C21H24N2O6. The highest BCUT2D eigenvalue weighted by Crippen LogP contribution is 2.25. The number of ether oxygens (including phenoxy) is 3. The molecule has 8 nitrogen and oxygen atoms in total. The van der Waals surface area contributed by atoms with Gasteiger partial charge in [0.1, 0.15) is 0 Å². The monoisotopic (exact) mass is 400 g/mol. The summed E-state index contributed by atoms with van der Waals surface area (Å²) in [5.41, 5.74) is 0.893. The van der Waals surface area contributed by atoms with Crippen LogP contribution in [-0.2, 0) is 20.9 Å². The standard InChI is InChI=1S/C21H24N2O6/c1-15(20(25)23-21(26)22-14-16-8-4-3-5-9-16)29-19(24)12-13-28-18-11-7-6-10-17(18)27-2/h3-11,15H,12-14H2,1-2H3,(H2,22,23,25,26). The van der Waals surface area contributed by atoms with E-state index in [-0.39, 0.29) is 19.6 Å². The molecule has 0 aliphatic carbocycles. The zero-order valence-corrected chi connectivity index (χ0v) is 16.3. The van der Waals surface area contributed by atoms with E-state index in [1.807, 2.05) is 30.3 Å². The maximum atomic E-state index is 12.0. The highest BCUT2D eigenvalue weighted by molar-refractivity contribution is 5.97. The normalized spacial score (nSPS) is 11.1. The number of hydrogen-bond donors (Lipinski definition) is 2. The second-order valence-electron chi connectivity index (χ2n) is 6.04. The molecule has 8 heteroatoms. The molecule has 0 spiro atoms. The minimum absolute atomic E-state index is 0.0597. The van der Waals surface area contributed by atoms with E-state index in [2.05, 4.69) is 10.6 Å². The fourth-order valence-corrected chi connectivity index (χ4v) is 2.33. The molecule has 0 fully saturated rings. The van der Waals surface area contributed by atoms with Crippen molar-refractivity contribution in [1.29, 1.82) is 0 Å². The van der Waals surface area contributed by atoms with Crippen molar-refractivity contribution in [2.75, 3.05) is 13.7 Å². The summed E-state index contributed by atoms with van der Waals surface area (Å²) >= 11 is 0. The third-order valence-corrected chi connectivity index (χ3v) is 3.84. The number of benzene rings is 2. The van der Waals surface area contributed by atoms with E-state index in [1.165, 1.54) is 14.0 Å². The van der Waals surface area contributed by atoms with Gasteiger partial charge in [0, 0.05) is 6.54 Å². The third-order valence-electron chi connectivity index (χ3n) is 3.84. The number of urea groups is 1. The molecule has 1 atom stereocenters. The molecule has 0 aromatic heterocycles. The van der Waals surface area contributed by atoms with E-state index in [9.17, 15) is 14.4 Å². The first-order valence-electron chi connectivity index (χ1n) is 9.07. The van der Waals surface area contributed by atoms with Crippen molar-refractivity contribution in [3.05, 3.63) is 60.2 Å². The maximum Gasteiger partial charge on any atom is 0.321 e. The van der Waals surface area contributed by atoms with Crippen LogP contribution in [0.15, 0.2) is 54.6 Å². The topological polar surface area (TPSA) is 103 Å². The van der Waals surface area contributed by atoms with Crippen LogP contribution in [0, 0.1) is 0 Å². The van der Waals surface area contributed by atoms with Crippen LogP contribution >= 0.6 is 0 Å². The van der Waals surface area contributed by atoms with Gasteiger partial charge in [-0.15, -0.1) is 0 Å². The molecule has 0 saturated carbocycles. The Morgan fingerprint density at radius 1 is 0.966 bits per heavy atom. The van der Waals surface area contributed by atoms with Gasteiger partial charge < -0.3 is 19.5 Å². The van der Waals surface area contributed by atoms with E-state index in [4.69, 9.17) is 14.2 Å². The van der Waals surface area contributed by atoms with Crippen LogP contribution in [0.1, 0.15) is 18.9 Å². The van der Waals surface area contributed by atoms with E-state index >= 15 is 0 Å². The van der Waals surface area contributed by atoms with Crippen LogP contribution in [-0.4, -0.2) is 37.7 Å². The van der Waals surface area contributed by atoms with E-state index in [0.29, 0.717) is 11.5 Å². The number of amides is 3. The number of nitrogens with one attached hydrogen (secondary N) is 2. The molecule has 3 amide bonds. The van der Waals surface area contributed by atoms with Crippen LogP contribution < -0.4 is 20.1 Å². The largest absolute Gasteiger partial charge is 0.493 e. The Kier molecular flexibility index (Phi) is 8.50. The van der Waals surface area contributed by atoms with E-state index in [0.717, 1.165) is 5.56 Å². The summed E-state index contributed by atoms with van der Waals surface area (Å²) in [5, 5.41) is 4.70. The van der Waals surface area contributed by atoms with Crippen molar-refractivity contribution in [2.24, 2.45) is 0 Å². The first-order valence-corrected chi connectivity index (χ1v) is 9.07. The molecule has 0 bridgehead atoms. The van der Waals surface area contributed by atoms with Crippen molar-refractivity contribution in [3.8, 4) is 11.5 Å². The molecule has 2 aromatic rings. The Balaban J connectivity index is 1.68. The van der Waals surface area contributed by atoms with Crippen molar-refractivity contribution in [1.82, 2.24) is 10.6 Å². The Morgan fingerprint density at radius 3 is 2.31 bits per heavy atom. The van der Waals surface area contributed by atoms with Gasteiger partial charge in [-0.1, -0.05) is 42.5 Å². The highest BCUT2D eigenvalue weighted by Gasteiger charge is 2.20. The van der Waals surface area contributed by atoms with Crippen molar-refractivity contribution >= 4 is 17.9 Å². The molecule has 0 aliphatic heterocycles. The Hall–Kier alpha value is -3.55. The van der Waals surface area contributed by atoms with Gasteiger partial charge in [0.05, 0.1) is 20.1 Å². The minimum atomic E-state index is -1.11. The molecule has 0 saturated heterocycles. The summed E-state index contributed by atoms with van der Waals surface area (Å²) in [6.45, 7) is 1.72. The number of carbonyl (C=O) groups is 3. The van der Waals surface area contributed by atoms with Crippen molar-refractivity contribution in [2.45, 2.75) is 26.0 Å². The van der Waals surface area contributed by atoms with Crippen molar-refractivity contribution in [3.63, 3.8) is 0 Å². The molecule has 1 unspecified atom stereocenters. The first kappa shape index (κ1) is 21.7. The van der Waals surface area contributed by atoms with Crippen LogP contribution in [0.25, 0.3) is 0 Å². The third kappa shape index (κ3) is 7.53. The summed E-state index contributed by atoms with van der Waals surface area (Å²) in [4.78, 5) is 35.7. The second kappa shape index (κ2) is 11.3. The van der Waals surface area contributed by atoms with Gasteiger partial charge >= 0.3 is 12.0 Å². The number of imide groups is 1. The molecular weight excluding hydrogens is 376 g/mol. The molecule has 2 N–H and O–H groups in total. The number of hydrogen-bond acceptors (Lipinski definition) is 6. The van der Waals surface area contributed by atoms with Crippen LogP contribution in [0.5, 0.6) is 11.5 Å². The maximum absolute atomic E-state index is 12.0. The van der Waals surface area contributed by atoms with Crippen LogP contribution in [0.2, 0.25) is 0 Å². The summed E-state index contributed by atoms with van der Waals surface area (Å²) < 4.78 is 15.7. The summed E-state index contributed by atoms with van der Waals surface area (Å²) in [6.07, 6.45) is -1.17. The number of carbonyl (C=O) groups excluding carboxylic acids is 3. The van der Waals surface area contributed by atoms with Crippen LogP contribution in [0.4, 0.5) is 4.79 Å². The fourth-order valence-electron chi connectivity index (χ4n) is 2.33. The molecule has 29 heavy (non-hydrogen) atoms. The number of methoxy groups -OCH3 is 1. The average Bonchev–Trinajstić information content (AvgIpc) is 2.73. The lowest BCUT2D eigenvalue weighted by molar-refractivity contribution is -0.154. The second-order valence-corrected chi connectivity index (χ2v) is 6.04. The summed E-state index contributed by atoms with van der Waals surface area (Å²) in [7, 11) is 1.52.